The van der Waals surface area contributed by atoms with Crippen molar-refractivity contribution in [1.82, 2.24) is 10.6 Å². The molecule has 2 aliphatic rings. The Labute approximate surface area is 135 Å². The maximum atomic E-state index is 5.77. The highest BCUT2D eigenvalue weighted by molar-refractivity contribution is 5.79. The second kappa shape index (κ2) is 8.16. The van der Waals surface area contributed by atoms with Gasteiger partial charge in [-0.25, -0.2) is 0 Å². The molecule has 128 valence electrons. The molecule has 2 N–H and O–H groups in total. The molecule has 0 aromatic heterocycles. The van der Waals surface area contributed by atoms with Gasteiger partial charge in [-0.15, -0.1) is 0 Å². The van der Waals surface area contributed by atoms with Crippen LogP contribution >= 0.6 is 0 Å². The van der Waals surface area contributed by atoms with Crippen LogP contribution in [0.2, 0.25) is 0 Å². The van der Waals surface area contributed by atoms with E-state index in [1.54, 1.807) is 7.11 Å². The maximum Gasteiger partial charge on any atom is 0.191 e. The molecule has 0 aromatic carbocycles. The molecule has 5 nitrogen and oxygen atoms in total. The van der Waals surface area contributed by atoms with Crippen molar-refractivity contribution in [3.63, 3.8) is 0 Å². The Morgan fingerprint density at radius 3 is 2.27 bits per heavy atom. The minimum Gasteiger partial charge on any atom is -0.381 e. The summed E-state index contributed by atoms with van der Waals surface area (Å²) in [5.41, 5.74) is 0.348. The molecule has 0 atom stereocenters. The standard InChI is InChI=1S/C17H33N3O2/c1-4-16(7-5-6-8-16)13-19-15(18-2)20-14-17(21-3)9-11-22-12-10-17/h4-14H2,1-3H3,(H2,18,19,20). The quantitative estimate of drug-likeness (QED) is 0.584. The van der Waals surface area contributed by atoms with E-state index < -0.39 is 0 Å². The first-order chi connectivity index (χ1) is 10.7. The number of ether oxygens (including phenoxy) is 2. The zero-order chi connectivity index (χ0) is 15.9. The van der Waals surface area contributed by atoms with Crippen molar-refractivity contribution in [2.45, 2.75) is 57.5 Å². The normalized spacial score (nSPS) is 24.2. The molecule has 0 aromatic rings. The molecule has 1 saturated heterocycles. The van der Waals surface area contributed by atoms with Crippen LogP contribution in [0.5, 0.6) is 0 Å². The van der Waals surface area contributed by atoms with Crippen molar-refractivity contribution in [3.05, 3.63) is 0 Å². The number of hydrogen-bond donors (Lipinski definition) is 2. The van der Waals surface area contributed by atoms with Gasteiger partial charge in [0.1, 0.15) is 0 Å². The molecule has 0 spiro atoms. The molecule has 0 bridgehead atoms. The molecule has 0 amide bonds. The van der Waals surface area contributed by atoms with E-state index in [9.17, 15) is 0 Å². The van der Waals surface area contributed by atoms with Crippen LogP contribution in [0.1, 0.15) is 51.9 Å². The van der Waals surface area contributed by atoms with E-state index in [2.05, 4.69) is 22.5 Å². The second-order valence-corrected chi connectivity index (χ2v) is 6.84. The molecule has 5 heteroatoms. The maximum absolute atomic E-state index is 5.77. The second-order valence-electron chi connectivity index (χ2n) is 6.84. The molecule has 1 saturated carbocycles. The van der Waals surface area contributed by atoms with E-state index in [4.69, 9.17) is 9.47 Å². The van der Waals surface area contributed by atoms with Gasteiger partial charge in [0.15, 0.2) is 5.96 Å². The minimum absolute atomic E-state index is 0.119. The fourth-order valence-electron chi connectivity index (χ4n) is 3.71. The van der Waals surface area contributed by atoms with Crippen LogP contribution in [0, 0.1) is 5.41 Å². The number of nitrogens with zero attached hydrogens (tertiary/aromatic N) is 1. The fraction of sp³-hybridized carbons (Fsp3) is 0.941. The van der Waals surface area contributed by atoms with E-state index in [0.29, 0.717) is 5.41 Å². The topological polar surface area (TPSA) is 54.9 Å². The molecule has 1 aliphatic heterocycles. The van der Waals surface area contributed by atoms with Gasteiger partial charge in [-0.1, -0.05) is 19.8 Å². The lowest BCUT2D eigenvalue weighted by Gasteiger charge is -2.36. The van der Waals surface area contributed by atoms with Gasteiger partial charge in [0, 0.05) is 53.3 Å². The van der Waals surface area contributed by atoms with Gasteiger partial charge in [0.2, 0.25) is 0 Å². The number of nitrogens with one attached hydrogen (secondary N) is 2. The molecule has 2 fully saturated rings. The smallest absolute Gasteiger partial charge is 0.191 e. The fourth-order valence-corrected chi connectivity index (χ4v) is 3.71. The third-order valence-corrected chi connectivity index (χ3v) is 5.68. The monoisotopic (exact) mass is 311 g/mol. The number of aliphatic imine (C=N–C) groups is 1. The van der Waals surface area contributed by atoms with Crippen LogP contribution in [0.15, 0.2) is 4.99 Å². The average Bonchev–Trinajstić information content (AvgIpc) is 3.05. The summed E-state index contributed by atoms with van der Waals surface area (Å²) < 4.78 is 11.2. The summed E-state index contributed by atoms with van der Waals surface area (Å²) in [6.07, 6.45) is 8.54. The van der Waals surface area contributed by atoms with Crippen molar-refractivity contribution >= 4 is 5.96 Å². The first-order valence-electron chi connectivity index (χ1n) is 8.75. The summed E-state index contributed by atoms with van der Waals surface area (Å²) in [4.78, 5) is 4.37. The van der Waals surface area contributed by atoms with E-state index in [-0.39, 0.29) is 5.60 Å². The van der Waals surface area contributed by atoms with E-state index >= 15 is 0 Å². The zero-order valence-electron chi connectivity index (χ0n) is 14.5. The highest BCUT2D eigenvalue weighted by atomic mass is 16.5. The molecular weight excluding hydrogens is 278 g/mol. The average molecular weight is 311 g/mol. The first-order valence-corrected chi connectivity index (χ1v) is 8.75. The van der Waals surface area contributed by atoms with Crippen molar-refractivity contribution < 1.29 is 9.47 Å². The Hall–Kier alpha value is -0.810. The van der Waals surface area contributed by atoms with Crippen LogP contribution in [0.4, 0.5) is 0 Å². The van der Waals surface area contributed by atoms with Crippen molar-refractivity contribution in [2.75, 3.05) is 40.5 Å². The number of guanidine groups is 1. The van der Waals surface area contributed by atoms with E-state index in [0.717, 1.165) is 45.1 Å². The molecule has 0 unspecified atom stereocenters. The van der Waals surface area contributed by atoms with Crippen molar-refractivity contribution in [3.8, 4) is 0 Å². The van der Waals surface area contributed by atoms with Gasteiger partial charge in [-0.3, -0.25) is 4.99 Å². The molecule has 22 heavy (non-hydrogen) atoms. The lowest BCUT2D eigenvalue weighted by atomic mass is 9.83. The van der Waals surface area contributed by atoms with E-state index in [1.807, 2.05) is 7.05 Å². The third kappa shape index (κ3) is 4.35. The summed E-state index contributed by atoms with van der Waals surface area (Å²) in [7, 11) is 3.64. The summed E-state index contributed by atoms with van der Waals surface area (Å²) in [6.45, 7) is 5.67. The van der Waals surface area contributed by atoms with Gasteiger partial charge < -0.3 is 20.1 Å². The Morgan fingerprint density at radius 1 is 1.09 bits per heavy atom. The summed E-state index contributed by atoms with van der Waals surface area (Å²) in [6, 6.07) is 0. The third-order valence-electron chi connectivity index (χ3n) is 5.68. The van der Waals surface area contributed by atoms with Gasteiger partial charge in [0.05, 0.1) is 5.60 Å². The predicted molar refractivity (Wildman–Crippen MR) is 90.3 cm³/mol. The Bertz CT molecular complexity index is 359. The van der Waals surface area contributed by atoms with Crippen LogP contribution in [-0.4, -0.2) is 52.0 Å². The molecule has 2 rings (SSSR count). The Balaban J connectivity index is 1.82. The molecular formula is C17H33N3O2. The highest BCUT2D eigenvalue weighted by Gasteiger charge is 2.34. The van der Waals surface area contributed by atoms with Crippen molar-refractivity contribution in [2.24, 2.45) is 10.4 Å². The highest BCUT2D eigenvalue weighted by Crippen LogP contribution is 2.40. The number of rotatable bonds is 6. The number of methoxy groups -OCH3 is 1. The zero-order valence-corrected chi connectivity index (χ0v) is 14.5. The van der Waals surface area contributed by atoms with Gasteiger partial charge in [0.25, 0.3) is 0 Å². The minimum atomic E-state index is -0.119. The van der Waals surface area contributed by atoms with Gasteiger partial charge >= 0.3 is 0 Å². The Morgan fingerprint density at radius 2 is 1.73 bits per heavy atom. The molecule has 0 radical (unpaired) electrons. The first kappa shape index (κ1) is 17.5. The van der Waals surface area contributed by atoms with Crippen LogP contribution in [0.3, 0.4) is 0 Å². The predicted octanol–water partition coefficient (Wildman–Crippen LogP) is 2.32. The van der Waals surface area contributed by atoms with Crippen LogP contribution in [0.25, 0.3) is 0 Å². The Kier molecular flexibility index (Phi) is 6.50. The largest absolute Gasteiger partial charge is 0.381 e. The van der Waals surface area contributed by atoms with Crippen molar-refractivity contribution in [1.29, 1.82) is 0 Å². The lowest BCUT2D eigenvalue weighted by Crippen LogP contribution is -2.51. The van der Waals surface area contributed by atoms with Crippen LogP contribution < -0.4 is 10.6 Å². The van der Waals surface area contributed by atoms with Crippen LogP contribution in [-0.2, 0) is 9.47 Å². The van der Waals surface area contributed by atoms with Gasteiger partial charge in [-0.2, -0.15) is 0 Å². The van der Waals surface area contributed by atoms with E-state index in [1.165, 1.54) is 32.1 Å². The summed E-state index contributed by atoms with van der Waals surface area (Å²) >= 11 is 0. The summed E-state index contributed by atoms with van der Waals surface area (Å²) in [5.74, 6) is 0.891. The molecule has 1 aliphatic carbocycles. The SMILES string of the molecule is CCC1(CNC(=NC)NCC2(OC)CCOCC2)CCCC1. The lowest BCUT2D eigenvalue weighted by molar-refractivity contribution is -0.0855. The van der Waals surface area contributed by atoms with Gasteiger partial charge in [-0.05, 0) is 24.7 Å². The molecule has 1 heterocycles. The number of hydrogen-bond acceptors (Lipinski definition) is 3. The summed E-state index contributed by atoms with van der Waals surface area (Å²) in [5, 5.41) is 6.99.